The van der Waals surface area contributed by atoms with Crippen molar-refractivity contribution in [2.24, 2.45) is 5.16 Å². The highest BCUT2D eigenvalue weighted by Crippen LogP contribution is 2.36. The van der Waals surface area contributed by atoms with E-state index in [4.69, 9.17) is 14.3 Å². The Morgan fingerprint density at radius 1 is 1.07 bits per heavy atom. The van der Waals surface area contributed by atoms with Crippen molar-refractivity contribution in [1.82, 2.24) is 4.90 Å². The van der Waals surface area contributed by atoms with Crippen LogP contribution in [0.3, 0.4) is 0 Å². The molecule has 7 heteroatoms. The molecule has 0 bridgehead atoms. The summed E-state index contributed by atoms with van der Waals surface area (Å²) in [4.78, 5) is 20.3. The molecule has 0 aromatic heterocycles. The van der Waals surface area contributed by atoms with E-state index in [1.165, 1.54) is 0 Å². The summed E-state index contributed by atoms with van der Waals surface area (Å²) in [5.41, 5.74) is 2.33. The molecule has 1 fully saturated rings. The Kier molecular flexibility index (Phi) is 5.29. The Hall–Kier alpha value is -3.22. The Bertz CT molecular complexity index is 920. The average Bonchev–Trinajstić information content (AvgIpc) is 3.18. The molecule has 0 radical (unpaired) electrons. The van der Waals surface area contributed by atoms with Gasteiger partial charge in [0.05, 0.1) is 19.9 Å². The van der Waals surface area contributed by atoms with Gasteiger partial charge in [0.25, 0.3) is 0 Å². The maximum absolute atomic E-state index is 12.6. The van der Waals surface area contributed by atoms with E-state index in [-0.39, 0.29) is 11.6 Å². The highest BCUT2D eigenvalue weighted by molar-refractivity contribution is 6.02. The lowest BCUT2D eigenvalue weighted by Gasteiger charge is -2.37. The topological polar surface area (TPSA) is 72.4 Å². The van der Waals surface area contributed by atoms with Crippen LogP contribution in [-0.4, -0.2) is 49.6 Å². The van der Waals surface area contributed by atoms with E-state index in [1.807, 2.05) is 47.4 Å². The minimum atomic E-state index is -0.328. The number of carbonyl (C=O) groups excluding carboxylic acids is 1. The van der Waals surface area contributed by atoms with Gasteiger partial charge < -0.3 is 24.5 Å². The number of carbonyl (C=O) groups is 1. The molecule has 0 aliphatic carbocycles. The van der Waals surface area contributed by atoms with Gasteiger partial charge in [-0.15, -0.1) is 0 Å². The van der Waals surface area contributed by atoms with E-state index < -0.39 is 0 Å². The van der Waals surface area contributed by atoms with Gasteiger partial charge in [0.2, 0.25) is 0 Å². The second kappa shape index (κ2) is 8.03. The summed E-state index contributed by atoms with van der Waals surface area (Å²) in [5, 5.41) is 7.28. The number of benzene rings is 2. The molecule has 4 rings (SSSR count). The first-order valence-electron chi connectivity index (χ1n) is 9.70. The maximum atomic E-state index is 12.6. The first-order chi connectivity index (χ1) is 14.1. The molecule has 2 amide bonds. The number of ether oxygens (including phenoxy) is 2. The molecule has 2 heterocycles. The molecule has 2 aromatic rings. The molecular formula is C22H25N3O4. The van der Waals surface area contributed by atoms with Gasteiger partial charge in [-0.2, -0.15) is 0 Å². The Morgan fingerprint density at radius 3 is 2.48 bits per heavy atom. The van der Waals surface area contributed by atoms with Crippen LogP contribution in [0.2, 0.25) is 0 Å². The van der Waals surface area contributed by atoms with Crippen molar-refractivity contribution < 1.29 is 19.1 Å². The fraction of sp³-hybridized carbons (Fsp3) is 0.364. The lowest BCUT2D eigenvalue weighted by molar-refractivity contribution is -0.0544. The number of urea groups is 1. The van der Waals surface area contributed by atoms with Gasteiger partial charge in [-0.25, -0.2) is 4.79 Å². The quantitative estimate of drug-likeness (QED) is 0.852. The van der Waals surface area contributed by atoms with Crippen molar-refractivity contribution in [3.8, 4) is 11.5 Å². The maximum Gasteiger partial charge on any atom is 0.321 e. The van der Waals surface area contributed by atoms with Gasteiger partial charge in [0.1, 0.15) is 17.1 Å². The molecule has 1 spiro atoms. The Morgan fingerprint density at radius 2 is 1.76 bits per heavy atom. The van der Waals surface area contributed by atoms with Crippen LogP contribution in [0.1, 0.15) is 24.8 Å². The molecule has 152 valence electrons. The molecule has 0 saturated carbocycles. The zero-order chi connectivity index (χ0) is 20.3. The van der Waals surface area contributed by atoms with Gasteiger partial charge in [0, 0.05) is 49.7 Å². The monoisotopic (exact) mass is 395 g/mol. The van der Waals surface area contributed by atoms with Gasteiger partial charge in [-0.3, -0.25) is 0 Å². The van der Waals surface area contributed by atoms with Crippen molar-refractivity contribution in [2.45, 2.75) is 24.9 Å². The molecule has 1 N–H and O–H groups in total. The number of piperidine rings is 1. The predicted molar refractivity (Wildman–Crippen MR) is 111 cm³/mol. The molecule has 2 aliphatic heterocycles. The minimum Gasteiger partial charge on any atom is -0.497 e. The highest BCUT2D eigenvalue weighted by atomic mass is 16.7. The third kappa shape index (κ3) is 4.13. The zero-order valence-electron chi connectivity index (χ0n) is 16.7. The number of nitrogens with one attached hydrogen (secondary N) is 1. The lowest BCUT2D eigenvalue weighted by Crippen LogP contribution is -2.48. The molecule has 7 nitrogen and oxygen atoms in total. The van der Waals surface area contributed by atoms with Crippen LogP contribution in [0.15, 0.2) is 53.7 Å². The van der Waals surface area contributed by atoms with Crippen molar-refractivity contribution >= 4 is 17.4 Å². The normalized spacial score (nSPS) is 17.4. The van der Waals surface area contributed by atoms with E-state index in [0.29, 0.717) is 18.8 Å². The minimum absolute atomic E-state index is 0.111. The number of hydrogen-bond acceptors (Lipinski definition) is 5. The molecular weight excluding hydrogens is 370 g/mol. The summed E-state index contributed by atoms with van der Waals surface area (Å²) in [6, 6.07) is 15.1. The summed E-state index contributed by atoms with van der Waals surface area (Å²) in [7, 11) is 3.26. The SMILES string of the molecule is COc1cccc(NC(=O)N2CCC3(CC2)CC(c2cccc(OC)c2)=NO3)c1. The number of rotatable bonds is 4. The Balaban J connectivity index is 1.34. The second-order valence-electron chi connectivity index (χ2n) is 7.37. The van der Waals surface area contributed by atoms with E-state index in [0.717, 1.165) is 42.0 Å². The predicted octanol–water partition coefficient (Wildman–Crippen LogP) is 3.89. The first-order valence-corrected chi connectivity index (χ1v) is 9.70. The van der Waals surface area contributed by atoms with Gasteiger partial charge in [-0.1, -0.05) is 23.4 Å². The summed E-state index contributed by atoms with van der Waals surface area (Å²) in [6.07, 6.45) is 2.23. The third-order valence-corrected chi connectivity index (χ3v) is 5.52. The number of methoxy groups -OCH3 is 2. The van der Waals surface area contributed by atoms with E-state index in [1.54, 1.807) is 20.3 Å². The van der Waals surface area contributed by atoms with Crippen LogP contribution in [-0.2, 0) is 4.84 Å². The molecule has 2 aromatic carbocycles. The van der Waals surface area contributed by atoms with Gasteiger partial charge in [0.15, 0.2) is 0 Å². The van der Waals surface area contributed by atoms with E-state index in [9.17, 15) is 4.79 Å². The molecule has 29 heavy (non-hydrogen) atoms. The fourth-order valence-corrected chi connectivity index (χ4v) is 3.77. The van der Waals surface area contributed by atoms with Crippen LogP contribution >= 0.6 is 0 Å². The van der Waals surface area contributed by atoms with Gasteiger partial charge in [-0.05, 0) is 24.3 Å². The highest BCUT2D eigenvalue weighted by Gasteiger charge is 2.43. The zero-order valence-corrected chi connectivity index (χ0v) is 16.7. The van der Waals surface area contributed by atoms with Gasteiger partial charge >= 0.3 is 6.03 Å². The number of anilines is 1. The molecule has 0 unspecified atom stereocenters. The van der Waals surface area contributed by atoms with E-state index in [2.05, 4.69) is 10.5 Å². The second-order valence-corrected chi connectivity index (χ2v) is 7.37. The van der Waals surface area contributed by atoms with Crippen molar-refractivity contribution in [1.29, 1.82) is 0 Å². The number of oxime groups is 1. The van der Waals surface area contributed by atoms with Crippen LogP contribution in [0, 0.1) is 0 Å². The summed E-state index contributed by atoms with van der Waals surface area (Å²) in [5.74, 6) is 1.51. The molecule has 2 aliphatic rings. The van der Waals surface area contributed by atoms with Crippen LogP contribution in [0.5, 0.6) is 11.5 Å². The van der Waals surface area contributed by atoms with Crippen molar-refractivity contribution in [3.05, 3.63) is 54.1 Å². The third-order valence-electron chi connectivity index (χ3n) is 5.52. The Labute approximate surface area is 170 Å². The summed E-state index contributed by atoms with van der Waals surface area (Å²) in [6.45, 7) is 1.24. The largest absolute Gasteiger partial charge is 0.497 e. The molecule has 1 saturated heterocycles. The molecule has 0 atom stereocenters. The number of nitrogens with zero attached hydrogens (tertiary/aromatic N) is 2. The van der Waals surface area contributed by atoms with Crippen molar-refractivity contribution in [2.75, 3.05) is 32.6 Å². The smallest absolute Gasteiger partial charge is 0.321 e. The van der Waals surface area contributed by atoms with Crippen LogP contribution in [0.25, 0.3) is 0 Å². The van der Waals surface area contributed by atoms with E-state index >= 15 is 0 Å². The number of hydrogen-bond donors (Lipinski definition) is 1. The summed E-state index contributed by atoms with van der Waals surface area (Å²) < 4.78 is 10.5. The summed E-state index contributed by atoms with van der Waals surface area (Å²) >= 11 is 0. The average molecular weight is 395 g/mol. The van der Waals surface area contributed by atoms with Crippen LogP contribution < -0.4 is 14.8 Å². The standard InChI is InChI=1S/C22H25N3O4/c1-27-18-7-3-5-16(13-18)20-15-22(29-24-20)9-11-25(12-10-22)21(26)23-17-6-4-8-19(14-17)28-2/h3-8,13-14H,9-12,15H2,1-2H3,(H,23,26). The van der Waals surface area contributed by atoms with Crippen molar-refractivity contribution in [3.63, 3.8) is 0 Å². The number of likely N-dealkylation sites (tertiary alicyclic amines) is 1. The lowest BCUT2D eigenvalue weighted by atomic mass is 9.85. The fourth-order valence-electron chi connectivity index (χ4n) is 3.77. The van der Waals surface area contributed by atoms with Crippen LogP contribution in [0.4, 0.5) is 10.5 Å². The first kappa shape index (κ1) is 19.1. The number of amides is 2.